The van der Waals surface area contributed by atoms with E-state index in [2.05, 4.69) is 32.4 Å². The second-order valence-electron chi connectivity index (χ2n) is 6.96. The number of thiazole rings is 1. The van der Waals surface area contributed by atoms with Crippen molar-refractivity contribution >= 4 is 11.3 Å². The molecule has 6 nitrogen and oxygen atoms in total. The molecular weight excluding hydrogens is 312 g/mol. The van der Waals surface area contributed by atoms with Crippen molar-refractivity contribution < 1.29 is 9.15 Å². The Morgan fingerprint density at radius 3 is 2.87 bits per heavy atom. The molecule has 23 heavy (non-hydrogen) atoms. The highest BCUT2D eigenvalue weighted by molar-refractivity contribution is 7.09. The number of rotatable bonds is 4. The lowest BCUT2D eigenvalue weighted by Crippen LogP contribution is -2.23. The molecule has 0 spiro atoms. The van der Waals surface area contributed by atoms with E-state index < -0.39 is 0 Å². The van der Waals surface area contributed by atoms with E-state index in [9.17, 15) is 0 Å². The third-order valence-corrected chi connectivity index (χ3v) is 5.85. The monoisotopic (exact) mass is 332 g/mol. The van der Waals surface area contributed by atoms with Gasteiger partial charge in [0.2, 0.25) is 11.8 Å². The van der Waals surface area contributed by atoms with Crippen molar-refractivity contribution in [2.75, 3.05) is 13.1 Å². The SMILES string of the molecule is Cc1nc(CN2C[C@H]3C[C@H](c4nnc(C5CC5)o4)O[C@H]3C2)cs1. The zero-order valence-corrected chi connectivity index (χ0v) is 14.0. The van der Waals surface area contributed by atoms with Crippen molar-refractivity contribution in [1.82, 2.24) is 20.1 Å². The summed E-state index contributed by atoms with van der Waals surface area (Å²) in [6, 6.07) is 0. The third-order valence-electron chi connectivity index (χ3n) is 5.02. The zero-order valence-electron chi connectivity index (χ0n) is 13.1. The van der Waals surface area contributed by atoms with Gasteiger partial charge in [-0.25, -0.2) is 4.98 Å². The molecule has 0 aromatic carbocycles. The highest BCUT2D eigenvalue weighted by Crippen LogP contribution is 2.43. The van der Waals surface area contributed by atoms with Gasteiger partial charge >= 0.3 is 0 Å². The van der Waals surface area contributed by atoms with Crippen molar-refractivity contribution in [1.29, 1.82) is 0 Å². The van der Waals surface area contributed by atoms with Crippen molar-refractivity contribution in [3.8, 4) is 0 Å². The van der Waals surface area contributed by atoms with Crippen LogP contribution in [-0.4, -0.2) is 39.3 Å². The molecule has 1 saturated carbocycles. The topological polar surface area (TPSA) is 64.3 Å². The maximum absolute atomic E-state index is 6.20. The van der Waals surface area contributed by atoms with Crippen LogP contribution in [0.4, 0.5) is 0 Å². The predicted octanol–water partition coefficient (Wildman–Crippen LogP) is 2.67. The Kier molecular flexibility index (Phi) is 3.28. The van der Waals surface area contributed by atoms with E-state index in [0.717, 1.165) is 37.0 Å². The molecule has 7 heteroatoms. The van der Waals surface area contributed by atoms with E-state index in [1.165, 1.54) is 18.5 Å². The van der Waals surface area contributed by atoms with Crippen LogP contribution in [0.5, 0.6) is 0 Å². The first-order valence-electron chi connectivity index (χ1n) is 8.36. The molecule has 2 saturated heterocycles. The van der Waals surface area contributed by atoms with Gasteiger partial charge in [0.25, 0.3) is 0 Å². The summed E-state index contributed by atoms with van der Waals surface area (Å²) in [5.74, 6) is 2.56. The van der Waals surface area contributed by atoms with E-state index in [4.69, 9.17) is 9.15 Å². The molecule has 0 radical (unpaired) electrons. The quantitative estimate of drug-likeness (QED) is 0.858. The molecule has 0 bridgehead atoms. The molecule has 122 valence electrons. The minimum atomic E-state index is -0.00586. The first-order chi connectivity index (χ1) is 11.2. The van der Waals surface area contributed by atoms with Crippen LogP contribution in [0.1, 0.15) is 53.8 Å². The summed E-state index contributed by atoms with van der Waals surface area (Å²) in [5, 5.41) is 11.7. The second-order valence-corrected chi connectivity index (χ2v) is 8.03. The van der Waals surface area contributed by atoms with E-state index in [1.54, 1.807) is 11.3 Å². The second kappa shape index (κ2) is 5.36. The van der Waals surface area contributed by atoms with Crippen LogP contribution < -0.4 is 0 Å². The molecule has 0 amide bonds. The average molecular weight is 332 g/mol. The normalized spacial score (nSPS) is 30.9. The summed E-state index contributed by atoms with van der Waals surface area (Å²) in [6.45, 7) is 5.03. The standard InChI is InChI=1S/C16H20N4O2S/c1-9-17-12(8-23-9)6-20-5-11-4-13(21-14(11)7-20)16-19-18-15(22-16)10-2-3-10/h8,10-11,13-14H,2-7H2,1H3/t11-,13-,14+/m1/s1. The first-order valence-corrected chi connectivity index (χ1v) is 9.24. The Morgan fingerprint density at radius 1 is 1.26 bits per heavy atom. The number of hydrogen-bond acceptors (Lipinski definition) is 7. The van der Waals surface area contributed by atoms with Gasteiger partial charge in [-0.2, -0.15) is 0 Å². The first kappa shape index (κ1) is 14.1. The molecule has 0 N–H and O–H groups in total. The number of aryl methyl sites for hydroxylation is 1. The van der Waals surface area contributed by atoms with Gasteiger partial charge in [0.1, 0.15) is 6.10 Å². The molecule has 2 aliphatic heterocycles. The number of nitrogens with zero attached hydrogens (tertiary/aromatic N) is 4. The van der Waals surface area contributed by atoms with Crippen LogP contribution >= 0.6 is 11.3 Å². The zero-order chi connectivity index (χ0) is 15.4. The summed E-state index contributed by atoms with van der Waals surface area (Å²) in [6.07, 6.45) is 3.64. The summed E-state index contributed by atoms with van der Waals surface area (Å²) < 4.78 is 12.0. The lowest BCUT2D eigenvalue weighted by atomic mass is 10.0. The van der Waals surface area contributed by atoms with Gasteiger partial charge in [0, 0.05) is 36.9 Å². The van der Waals surface area contributed by atoms with Crippen LogP contribution in [0.25, 0.3) is 0 Å². The van der Waals surface area contributed by atoms with Crippen LogP contribution in [-0.2, 0) is 11.3 Å². The number of aromatic nitrogens is 3. The largest absolute Gasteiger partial charge is 0.422 e. The smallest absolute Gasteiger partial charge is 0.245 e. The van der Waals surface area contributed by atoms with E-state index in [-0.39, 0.29) is 12.2 Å². The van der Waals surface area contributed by atoms with E-state index in [1.807, 2.05) is 0 Å². The molecule has 3 atom stereocenters. The number of ether oxygens (including phenoxy) is 1. The average Bonchev–Trinajstić information content (AvgIpc) is 2.90. The van der Waals surface area contributed by atoms with E-state index in [0.29, 0.717) is 17.7 Å². The Hall–Kier alpha value is -1.31. The fraction of sp³-hybridized carbons (Fsp3) is 0.688. The highest BCUT2D eigenvalue weighted by atomic mass is 32.1. The molecular formula is C16H20N4O2S. The predicted molar refractivity (Wildman–Crippen MR) is 84.1 cm³/mol. The molecule has 0 unspecified atom stereocenters. The van der Waals surface area contributed by atoms with Crippen molar-refractivity contribution in [2.45, 2.75) is 50.9 Å². The van der Waals surface area contributed by atoms with Gasteiger partial charge in [-0.3, -0.25) is 4.90 Å². The summed E-state index contributed by atoms with van der Waals surface area (Å²) in [4.78, 5) is 7.01. The van der Waals surface area contributed by atoms with Gasteiger partial charge in [-0.1, -0.05) is 0 Å². The third kappa shape index (κ3) is 2.70. The van der Waals surface area contributed by atoms with Crippen LogP contribution in [0.3, 0.4) is 0 Å². The maximum atomic E-state index is 6.20. The summed E-state index contributed by atoms with van der Waals surface area (Å²) in [7, 11) is 0. The van der Waals surface area contributed by atoms with Crippen molar-refractivity contribution in [3.63, 3.8) is 0 Å². The Balaban J connectivity index is 1.20. The Morgan fingerprint density at radius 2 is 2.13 bits per heavy atom. The molecule has 3 aliphatic rings. The lowest BCUT2D eigenvalue weighted by Gasteiger charge is -2.16. The van der Waals surface area contributed by atoms with Crippen LogP contribution in [0.15, 0.2) is 9.80 Å². The van der Waals surface area contributed by atoms with E-state index >= 15 is 0 Å². The van der Waals surface area contributed by atoms with Crippen molar-refractivity contribution in [2.24, 2.45) is 5.92 Å². The summed E-state index contributed by atoms with van der Waals surface area (Å²) >= 11 is 1.72. The maximum Gasteiger partial charge on any atom is 0.245 e. The molecule has 1 aliphatic carbocycles. The van der Waals surface area contributed by atoms with Crippen LogP contribution in [0.2, 0.25) is 0 Å². The number of fused-ring (bicyclic) bond motifs is 1. The molecule has 2 aromatic rings. The van der Waals surface area contributed by atoms with Gasteiger partial charge in [0.05, 0.1) is 16.8 Å². The van der Waals surface area contributed by atoms with Crippen molar-refractivity contribution in [3.05, 3.63) is 27.9 Å². The van der Waals surface area contributed by atoms with Gasteiger partial charge in [-0.05, 0) is 26.2 Å². The Bertz CT molecular complexity index is 697. The fourth-order valence-corrected chi connectivity index (χ4v) is 4.32. The Labute approximate surface area is 138 Å². The minimum absolute atomic E-state index is 0.00586. The summed E-state index contributed by atoms with van der Waals surface area (Å²) in [5.41, 5.74) is 1.18. The van der Waals surface area contributed by atoms with Crippen LogP contribution in [0, 0.1) is 12.8 Å². The van der Waals surface area contributed by atoms with Gasteiger partial charge < -0.3 is 9.15 Å². The minimum Gasteiger partial charge on any atom is -0.422 e. The number of hydrogen-bond donors (Lipinski definition) is 0. The molecule has 3 fully saturated rings. The molecule has 2 aromatic heterocycles. The molecule has 5 rings (SSSR count). The fourth-order valence-electron chi connectivity index (χ4n) is 3.72. The highest BCUT2D eigenvalue weighted by Gasteiger charge is 2.44. The van der Waals surface area contributed by atoms with Gasteiger partial charge in [0.15, 0.2) is 0 Å². The van der Waals surface area contributed by atoms with Gasteiger partial charge in [-0.15, -0.1) is 21.5 Å². The molecule has 4 heterocycles. The lowest BCUT2D eigenvalue weighted by molar-refractivity contribution is 0.0222. The number of likely N-dealkylation sites (tertiary alicyclic amines) is 1.